The standard InChI is InChI=1S/C22H27NO4/c1-22(2,3)27-21(26)23-11-10-19(24)20(25)15-8-9-18-16(13-15)12-14-6-4-5-7-17(14)18/h4-9,13,19-20,24-25H,10-12H2,1-3H3,(H,23,26). The summed E-state index contributed by atoms with van der Waals surface area (Å²) in [5, 5.41) is 23.4. The Hall–Kier alpha value is -2.37. The maximum atomic E-state index is 11.6. The molecule has 3 N–H and O–H groups in total. The molecule has 0 bridgehead atoms. The second-order valence-corrected chi connectivity index (χ2v) is 7.98. The molecule has 0 fully saturated rings. The maximum Gasteiger partial charge on any atom is 0.407 e. The van der Waals surface area contributed by atoms with Gasteiger partial charge in [-0.3, -0.25) is 0 Å². The zero-order chi connectivity index (χ0) is 19.6. The second-order valence-electron chi connectivity index (χ2n) is 7.98. The summed E-state index contributed by atoms with van der Waals surface area (Å²) in [5.41, 5.74) is 4.97. The molecule has 2 aromatic rings. The zero-order valence-corrected chi connectivity index (χ0v) is 16.0. The molecule has 0 heterocycles. The van der Waals surface area contributed by atoms with Crippen molar-refractivity contribution in [1.82, 2.24) is 5.32 Å². The highest BCUT2D eigenvalue weighted by molar-refractivity contribution is 5.77. The number of nitrogens with one attached hydrogen (secondary N) is 1. The molecule has 144 valence electrons. The number of amides is 1. The van der Waals surface area contributed by atoms with Gasteiger partial charge < -0.3 is 20.3 Å². The van der Waals surface area contributed by atoms with Crippen molar-refractivity contribution in [3.63, 3.8) is 0 Å². The van der Waals surface area contributed by atoms with Crippen LogP contribution in [0.4, 0.5) is 4.79 Å². The Kier molecular flexibility index (Phi) is 5.53. The number of aliphatic hydroxyl groups excluding tert-OH is 2. The van der Waals surface area contributed by atoms with Crippen molar-refractivity contribution < 1.29 is 19.7 Å². The Labute approximate surface area is 160 Å². The normalized spacial score (nSPS) is 14.9. The van der Waals surface area contributed by atoms with Gasteiger partial charge in [0.2, 0.25) is 0 Å². The summed E-state index contributed by atoms with van der Waals surface area (Å²) >= 11 is 0. The fourth-order valence-electron chi connectivity index (χ4n) is 3.37. The first kappa shape index (κ1) is 19.4. The topological polar surface area (TPSA) is 78.8 Å². The average molecular weight is 369 g/mol. The number of hydrogen-bond acceptors (Lipinski definition) is 4. The molecule has 0 radical (unpaired) electrons. The molecule has 3 rings (SSSR count). The molecule has 1 aliphatic rings. The van der Waals surface area contributed by atoms with Gasteiger partial charge in [-0.05, 0) is 61.4 Å². The highest BCUT2D eigenvalue weighted by Crippen LogP contribution is 2.37. The van der Waals surface area contributed by atoms with Crippen LogP contribution in [0.3, 0.4) is 0 Å². The van der Waals surface area contributed by atoms with Crippen molar-refractivity contribution in [3.05, 3.63) is 59.2 Å². The third kappa shape index (κ3) is 4.67. The minimum absolute atomic E-state index is 0.226. The van der Waals surface area contributed by atoms with E-state index in [-0.39, 0.29) is 13.0 Å². The summed E-state index contributed by atoms with van der Waals surface area (Å²) in [4.78, 5) is 11.6. The number of ether oxygens (including phenoxy) is 1. The molecule has 2 unspecified atom stereocenters. The Morgan fingerprint density at radius 1 is 1.11 bits per heavy atom. The fraction of sp³-hybridized carbons (Fsp3) is 0.409. The van der Waals surface area contributed by atoms with E-state index in [1.54, 1.807) is 20.8 Å². The van der Waals surface area contributed by atoms with Crippen molar-refractivity contribution in [2.24, 2.45) is 0 Å². The summed E-state index contributed by atoms with van der Waals surface area (Å²) in [7, 11) is 0. The van der Waals surface area contributed by atoms with Crippen LogP contribution < -0.4 is 5.32 Å². The molecular weight excluding hydrogens is 342 g/mol. The molecular formula is C22H27NO4. The molecule has 0 aromatic heterocycles. The van der Waals surface area contributed by atoms with Gasteiger partial charge in [-0.15, -0.1) is 0 Å². The molecule has 5 nitrogen and oxygen atoms in total. The summed E-state index contributed by atoms with van der Waals surface area (Å²) in [6.45, 7) is 5.59. The van der Waals surface area contributed by atoms with Gasteiger partial charge in [-0.1, -0.05) is 42.5 Å². The lowest BCUT2D eigenvalue weighted by Crippen LogP contribution is -2.34. The van der Waals surface area contributed by atoms with Gasteiger partial charge in [0.15, 0.2) is 0 Å². The molecule has 1 amide bonds. The second kappa shape index (κ2) is 7.71. The van der Waals surface area contributed by atoms with Gasteiger partial charge in [0.05, 0.1) is 6.10 Å². The van der Waals surface area contributed by atoms with Crippen LogP contribution in [0.15, 0.2) is 42.5 Å². The summed E-state index contributed by atoms with van der Waals surface area (Å²) in [5.74, 6) is 0. The number of alkyl carbamates (subject to hydrolysis) is 1. The lowest BCUT2D eigenvalue weighted by molar-refractivity contribution is 0.0123. The molecule has 27 heavy (non-hydrogen) atoms. The number of rotatable bonds is 5. The molecule has 0 saturated heterocycles. The number of carbonyl (C=O) groups is 1. The van der Waals surface area contributed by atoms with Crippen molar-refractivity contribution in [2.45, 2.75) is 51.4 Å². The zero-order valence-electron chi connectivity index (χ0n) is 16.0. The lowest BCUT2D eigenvalue weighted by Gasteiger charge is -2.21. The van der Waals surface area contributed by atoms with Crippen LogP contribution in [0.1, 0.15) is 50.0 Å². The van der Waals surface area contributed by atoms with Crippen molar-refractivity contribution >= 4 is 6.09 Å². The monoisotopic (exact) mass is 369 g/mol. The number of benzene rings is 2. The molecule has 2 aromatic carbocycles. The third-order valence-electron chi connectivity index (χ3n) is 4.63. The SMILES string of the molecule is CC(C)(C)OC(=O)NCCC(O)C(O)c1ccc2c(c1)Cc1ccccc1-2. The summed E-state index contributed by atoms with van der Waals surface area (Å²) < 4.78 is 5.15. The Morgan fingerprint density at radius 2 is 1.81 bits per heavy atom. The Balaban J connectivity index is 1.57. The molecule has 1 aliphatic carbocycles. The first-order chi connectivity index (χ1) is 12.7. The van der Waals surface area contributed by atoms with E-state index in [0.717, 1.165) is 12.0 Å². The highest BCUT2D eigenvalue weighted by Gasteiger charge is 2.23. The Bertz CT molecular complexity index is 825. The van der Waals surface area contributed by atoms with E-state index in [0.29, 0.717) is 5.56 Å². The lowest BCUT2D eigenvalue weighted by atomic mass is 9.97. The van der Waals surface area contributed by atoms with E-state index in [1.807, 2.05) is 30.3 Å². The predicted molar refractivity (Wildman–Crippen MR) is 105 cm³/mol. The minimum atomic E-state index is -1.00. The number of carbonyl (C=O) groups excluding carboxylic acids is 1. The Morgan fingerprint density at radius 3 is 2.56 bits per heavy atom. The van der Waals surface area contributed by atoms with E-state index in [9.17, 15) is 15.0 Å². The smallest absolute Gasteiger partial charge is 0.407 e. The van der Waals surface area contributed by atoms with Crippen LogP contribution in [0.5, 0.6) is 0 Å². The maximum absolute atomic E-state index is 11.6. The number of hydrogen-bond donors (Lipinski definition) is 3. The van der Waals surface area contributed by atoms with E-state index in [2.05, 4.69) is 17.4 Å². The van der Waals surface area contributed by atoms with Gasteiger partial charge in [0.1, 0.15) is 11.7 Å². The van der Waals surface area contributed by atoms with E-state index in [4.69, 9.17) is 4.74 Å². The van der Waals surface area contributed by atoms with Gasteiger partial charge >= 0.3 is 6.09 Å². The molecule has 0 saturated carbocycles. The summed E-state index contributed by atoms with van der Waals surface area (Å²) in [6.07, 6.45) is -1.43. The summed E-state index contributed by atoms with van der Waals surface area (Å²) in [6, 6.07) is 14.1. The molecule has 0 aliphatic heterocycles. The molecule has 5 heteroatoms. The van der Waals surface area contributed by atoms with Gasteiger partial charge in [-0.2, -0.15) is 0 Å². The molecule has 0 spiro atoms. The van der Waals surface area contributed by atoms with Crippen LogP contribution in [0, 0.1) is 0 Å². The van der Waals surface area contributed by atoms with E-state index >= 15 is 0 Å². The van der Waals surface area contributed by atoms with Crippen molar-refractivity contribution in [2.75, 3.05) is 6.54 Å². The van der Waals surface area contributed by atoms with Gasteiger partial charge in [0.25, 0.3) is 0 Å². The van der Waals surface area contributed by atoms with Gasteiger partial charge in [-0.25, -0.2) is 4.79 Å². The third-order valence-corrected chi connectivity index (χ3v) is 4.63. The van der Waals surface area contributed by atoms with Crippen LogP contribution in [0.25, 0.3) is 11.1 Å². The molecule has 2 atom stereocenters. The predicted octanol–water partition coefficient (Wildman–Crippen LogP) is 3.57. The van der Waals surface area contributed by atoms with Crippen molar-refractivity contribution in [1.29, 1.82) is 0 Å². The largest absolute Gasteiger partial charge is 0.444 e. The van der Waals surface area contributed by atoms with Crippen LogP contribution in [-0.2, 0) is 11.2 Å². The first-order valence-electron chi connectivity index (χ1n) is 9.29. The fourth-order valence-corrected chi connectivity index (χ4v) is 3.37. The highest BCUT2D eigenvalue weighted by atomic mass is 16.6. The number of aliphatic hydroxyl groups is 2. The van der Waals surface area contributed by atoms with Crippen LogP contribution >= 0.6 is 0 Å². The average Bonchev–Trinajstić information content (AvgIpc) is 2.97. The van der Waals surface area contributed by atoms with Crippen LogP contribution in [0.2, 0.25) is 0 Å². The van der Waals surface area contributed by atoms with E-state index in [1.165, 1.54) is 16.7 Å². The van der Waals surface area contributed by atoms with Gasteiger partial charge in [0, 0.05) is 6.54 Å². The number of fused-ring (bicyclic) bond motifs is 3. The first-order valence-corrected chi connectivity index (χ1v) is 9.29. The van der Waals surface area contributed by atoms with Crippen LogP contribution in [-0.4, -0.2) is 34.6 Å². The van der Waals surface area contributed by atoms with E-state index < -0.39 is 23.9 Å². The quantitative estimate of drug-likeness (QED) is 0.642. The van der Waals surface area contributed by atoms with Crippen molar-refractivity contribution in [3.8, 4) is 11.1 Å². The minimum Gasteiger partial charge on any atom is -0.444 e.